The first-order valence-corrected chi connectivity index (χ1v) is 8.98. The number of benzene rings is 2. The van der Waals surface area contributed by atoms with Gasteiger partial charge in [0.25, 0.3) is 0 Å². The average molecular weight is 368 g/mol. The van der Waals surface area contributed by atoms with Crippen molar-refractivity contribution >= 4 is 11.9 Å². The second-order valence-electron chi connectivity index (χ2n) is 6.54. The number of rotatable bonds is 5. The lowest BCUT2D eigenvalue weighted by Gasteiger charge is -2.34. The number of methoxy groups -OCH3 is 1. The molecule has 3 rings (SSSR count). The van der Waals surface area contributed by atoms with Gasteiger partial charge >= 0.3 is 5.97 Å². The Morgan fingerprint density at radius 2 is 1.48 bits per heavy atom. The van der Waals surface area contributed by atoms with Gasteiger partial charge in [0.15, 0.2) is 0 Å². The van der Waals surface area contributed by atoms with E-state index < -0.39 is 0 Å². The molecule has 0 atom stereocenters. The average Bonchev–Trinajstić information content (AvgIpc) is 2.69. The summed E-state index contributed by atoms with van der Waals surface area (Å²) in [6, 6.07) is 14.4. The highest BCUT2D eigenvalue weighted by Gasteiger charge is 2.18. The fraction of sp³-hybridized carbons (Fsp3) is 0.333. The van der Waals surface area contributed by atoms with Gasteiger partial charge < -0.3 is 14.4 Å². The number of carbonyl (C=O) groups excluding carboxylic acids is 2. The van der Waals surface area contributed by atoms with Gasteiger partial charge in [-0.2, -0.15) is 0 Å². The van der Waals surface area contributed by atoms with Crippen LogP contribution in [0.15, 0.2) is 48.5 Å². The summed E-state index contributed by atoms with van der Waals surface area (Å²) in [4.78, 5) is 27.8. The van der Waals surface area contributed by atoms with Crippen LogP contribution in [0, 0.1) is 0 Å². The van der Waals surface area contributed by atoms with Gasteiger partial charge in [0, 0.05) is 39.6 Å². The van der Waals surface area contributed by atoms with E-state index in [1.165, 1.54) is 0 Å². The molecule has 1 aliphatic rings. The van der Waals surface area contributed by atoms with E-state index in [-0.39, 0.29) is 11.9 Å². The molecule has 1 fully saturated rings. The lowest BCUT2D eigenvalue weighted by Crippen LogP contribution is -2.47. The molecular weight excluding hydrogens is 344 g/mol. The Morgan fingerprint density at radius 1 is 0.889 bits per heavy atom. The SMILES string of the molecule is COc1ccc(OC(=O)c2ccc(CN3CCN(C(C)=O)CC3)cc2)cc1. The molecule has 27 heavy (non-hydrogen) atoms. The quantitative estimate of drug-likeness (QED) is 0.600. The highest BCUT2D eigenvalue weighted by Crippen LogP contribution is 2.18. The molecule has 0 spiro atoms. The molecular formula is C21H24N2O4. The van der Waals surface area contributed by atoms with Crippen LogP contribution in [0.2, 0.25) is 0 Å². The molecule has 0 aliphatic carbocycles. The minimum atomic E-state index is -0.387. The van der Waals surface area contributed by atoms with Gasteiger partial charge in [-0.25, -0.2) is 4.79 Å². The van der Waals surface area contributed by atoms with E-state index in [1.807, 2.05) is 17.0 Å². The van der Waals surface area contributed by atoms with Crippen molar-refractivity contribution in [1.29, 1.82) is 0 Å². The molecule has 1 saturated heterocycles. The van der Waals surface area contributed by atoms with Gasteiger partial charge in [0.05, 0.1) is 12.7 Å². The summed E-state index contributed by atoms with van der Waals surface area (Å²) in [6.45, 7) is 5.67. The van der Waals surface area contributed by atoms with Crippen molar-refractivity contribution in [2.24, 2.45) is 0 Å². The Balaban J connectivity index is 1.53. The summed E-state index contributed by atoms with van der Waals surface area (Å²) in [6.07, 6.45) is 0. The van der Waals surface area contributed by atoms with Crippen LogP contribution in [0.25, 0.3) is 0 Å². The Labute approximate surface area is 159 Å². The summed E-state index contributed by atoms with van der Waals surface area (Å²) in [5, 5.41) is 0. The predicted molar refractivity (Wildman–Crippen MR) is 102 cm³/mol. The van der Waals surface area contributed by atoms with Crippen molar-refractivity contribution in [1.82, 2.24) is 9.80 Å². The summed E-state index contributed by atoms with van der Waals surface area (Å²) in [5.41, 5.74) is 1.64. The van der Waals surface area contributed by atoms with Crippen LogP contribution in [0.5, 0.6) is 11.5 Å². The predicted octanol–water partition coefficient (Wildman–Crippen LogP) is 2.58. The molecule has 142 valence electrons. The lowest BCUT2D eigenvalue weighted by atomic mass is 10.1. The van der Waals surface area contributed by atoms with Crippen molar-refractivity contribution in [2.75, 3.05) is 33.3 Å². The molecule has 6 nitrogen and oxygen atoms in total. The number of hydrogen-bond acceptors (Lipinski definition) is 5. The van der Waals surface area contributed by atoms with Gasteiger partial charge in [-0.3, -0.25) is 9.69 Å². The van der Waals surface area contributed by atoms with Crippen molar-refractivity contribution in [3.63, 3.8) is 0 Å². The smallest absolute Gasteiger partial charge is 0.343 e. The Bertz CT molecular complexity index is 779. The third-order valence-corrected chi connectivity index (χ3v) is 4.68. The maximum atomic E-state index is 12.3. The van der Waals surface area contributed by atoms with E-state index in [4.69, 9.17) is 9.47 Å². The number of nitrogens with zero attached hydrogens (tertiary/aromatic N) is 2. The number of ether oxygens (including phenoxy) is 2. The first-order valence-electron chi connectivity index (χ1n) is 8.98. The van der Waals surface area contributed by atoms with Gasteiger partial charge in [-0.15, -0.1) is 0 Å². The number of esters is 1. The maximum absolute atomic E-state index is 12.3. The fourth-order valence-electron chi connectivity index (χ4n) is 3.04. The summed E-state index contributed by atoms with van der Waals surface area (Å²) in [7, 11) is 1.59. The molecule has 1 heterocycles. The molecule has 0 aromatic heterocycles. The largest absolute Gasteiger partial charge is 0.497 e. The van der Waals surface area contributed by atoms with Crippen LogP contribution in [-0.4, -0.2) is 55.0 Å². The topological polar surface area (TPSA) is 59.1 Å². The zero-order valence-corrected chi connectivity index (χ0v) is 15.7. The van der Waals surface area contributed by atoms with Crippen LogP contribution in [0.3, 0.4) is 0 Å². The summed E-state index contributed by atoms with van der Waals surface area (Å²) < 4.78 is 10.5. The lowest BCUT2D eigenvalue weighted by molar-refractivity contribution is -0.130. The van der Waals surface area contributed by atoms with Crippen molar-refractivity contribution in [3.05, 3.63) is 59.7 Å². The number of hydrogen-bond donors (Lipinski definition) is 0. The van der Waals surface area contributed by atoms with Gasteiger partial charge in [-0.1, -0.05) is 12.1 Å². The highest BCUT2D eigenvalue weighted by molar-refractivity contribution is 5.91. The van der Waals surface area contributed by atoms with E-state index in [2.05, 4.69) is 4.90 Å². The molecule has 2 aromatic rings. The van der Waals surface area contributed by atoms with Gasteiger partial charge in [0.1, 0.15) is 11.5 Å². The van der Waals surface area contributed by atoms with Gasteiger partial charge in [0.2, 0.25) is 5.91 Å². The minimum absolute atomic E-state index is 0.134. The highest BCUT2D eigenvalue weighted by atomic mass is 16.5. The molecule has 1 amide bonds. The van der Waals surface area contributed by atoms with E-state index in [1.54, 1.807) is 50.4 Å². The fourth-order valence-corrected chi connectivity index (χ4v) is 3.04. The maximum Gasteiger partial charge on any atom is 0.343 e. The van der Waals surface area contributed by atoms with Crippen molar-refractivity contribution in [2.45, 2.75) is 13.5 Å². The first kappa shape index (κ1) is 18.9. The molecule has 1 aliphatic heterocycles. The van der Waals surface area contributed by atoms with Crippen LogP contribution in [-0.2, 0) is 11.3 Å². The minimum Gasteiger partial charge on any atom is -0.497 e. The third-order valence-electron chi connectivity index (χ3n) is 4.68. The molecule has 0 saturated carbocycles. The number of carbonyl (C=O) groups is 2. The number of amides is 1. The molecule has 0 bridgehead atoms. The Hall–Kier alpha value is -2.86. The van der Waals surface area contributed by atoms with E-state index >= 15 is 0 Å². The Kier molecular flexibility index (Phi) is 6.08. The molecule has 0 radical (unpaired) electrons. The van der Waals surface area contributed by atoms with Gasteiger partial charge in [-0.05, 0) is 42.0 Å². The summed E-state index contributed by atoms with van der Waals surface area (Å²) in [5.74, 6) is 0.938. The zero-order valence-electron chi connectivity index (χ0n) is 15.7. The first-order chi connectivity index (χ1) is 13.0. The molecule has 0 unspecified atom stereocenters. The molecule has 0 N–H and O–H groups in total. The third kappa shape index (κ3) is 5.08. The van der Waals surface area contributed by atoms with E-state index in [0.717, 1.165) is 38.3 Å². The Morgan fingerprint density at radius 3 is 2.04 bits per heavy atom. The second-order valence-corrected chi connectivity index (χ2v) is 6.54. The zero-order chi connectivity index (χ0) is 19.2. The molecule has 6 heteroatoms. The van der Waals surface area contributed by atoms with Crippen LogP contribution in [0.4, 0.5) is 0 Å². The second kappa shape index (κ2) is 8.68. The monoisotopic (exact) mass is 368 g/mol. The van der Waals surface area contributed by atoms with Crippen molar-refractivity contribution < 1.29 is 19.1 Å². The number of piperazine rings is 1. The van der Waals surface area contributed by atoms with Crippen LogP contribution in [0.1, 0.15) is 22.8 Å². The van der Waals surface area contributed by atoms with Crippen molar-refractivity contribution in [3.8, 4) is 11.5 Å². The normalized spacial score (nSPS) is 14.7. The van der Waals surface area contributed by atoms with Crippen LogP contribution >= 0.6 is 0 Å². The van der Waals surface area contributed by atoms with E-state index in [9.17, 15) is 9.59 Å². The van der Waals surface area contributed by atoms with Crippen LogP contribution < -0.4 is 9.47 Å². The summed E-state index contributed by atoms with van der Waals surface area (Å²) >= 11 is 0. The standard InChI is InChI=1S/C21H24N2O4/c1-16(24)23-13-11-22(12-14-23)15-17-3-5-18(6-4-17)21(25)27-20-9-7-19(26-2)8-10-20/h3-10H,11-15H2,1-2H3. The molecule has 2 aromatic carbocycles. The van der Waals surface area contributed by atoms with E-state index in [0.29, 0.717) is 17.1 Å².